The molecule has 1 aromatic heterocycles. The number of ether oxygens (including phenoxy) is 1. The van der Waals surface area contributed by atoms with Gasteiger partial charge in [0.05, 0.1) is 17.1 Å². The van der Waals surface area contributed by atoms with E-state index in [-0.39, 0.29) is 5.91 Å². The average molecular weight is 419 g/mol. The largest absolute Gasteiger partial charge is 0.495 e. The van der Waals surface area contributed by atoms with E-state index in [2.05, 4.69) is 52.7 Å². The zero-order chi connectivity index (χ0) is 15.4. The SMILES string of the molecule is CCCn1nnnc1NC(=O)c1cc(Br)cc(Br)c1OC. The Morgan fingerprint density at radius 3 is 2.86 bits per heavy atom. The van der Waals surface area contributed by atoms with Crippen LogP contribution in [0.5, 0.6) is 5.75 Å². The minimum absolute atomic E-state index is 0.306. The highest BCUT2D eigenvalue weighted by molar-refractivity contribution is 9.11. The Morgan fingerprint density at radius 2 is 2.19 bits per heavy atom. The first-order valence-electron chi connectivity index (χ1n) is 6.17. The first-order chi connectivity index (χ1) is 10.1. The third-order valence-electron chi connectivity index (χ3n) is 2.65. The van der Waals surface area contributed by atoms with E-state index in [9.17, 15) is 4.79 Å². The summed E-state index contributed by atoms with van der Waals surface area (Å²) >= 11 is 6.71. The number of hydrogen-bond acceptors (Lipinski definition) is 5. The molecule has 1 N–H and O–H groups in total. The van der Waals surface area contributed by atoms with Crippen molar-refractivity contribution < 1.29 is 9.53 Å². The van der Waals surface area contributed by atoms with Gasteiger partial charge in [0.1, 0.15) is 5.75 Å². The van der Waals surface area contributed by atoms with E-state index in [0.717, 1.165) is 10.9 Å². The van der Waals surface area contributed by atoms with Gasteiger partial charge in [0.25, 0.3) is 5.91 Å². The molecule has 2 rings (SSSR count). The van der Waals surface area contributed by atoms with Crippen LogP contribution in [0.1, 0.15) is 23.7 Å². The molecule has 21 heavy (non-hydrogen) atoms. The Morgan fingerprint density at radius 1 is 1.43 bits per heavy atom. The summed E-state index contributed by atoms with van der Waals surface area (Å²) in [5, 5.41) is 13.9. The van der Waals surface area contributed by atoms with Crippen molar-refractivity contribution in [3.63, 3.8) is 0 Å². The lowest BCUT2D eigenvalue weighted by Crippen LogP contribution is -2.17. The topological polar surface area (TPSA) is 81.9 Å². The molecule has 0 bridgehead atoms. The molecule has 0 aliphatic carbocycles. The molecule has 112 valence electrons. The molecule has 2 aromatic rings. The van der Waals surface area contributed by atoms with Crippen LogP contribution >= 0.6 is 31.9 Å². The van der Waals surface area contributed by atoms with Crippen molar-refractivity contribution in [1.29, 1.82) is 0 Å². The van der Waals surface area contributed by atoms with Crippen LogP contribution in [-0.4, -0.2) is 33.2 Å². The number of amides is 1. The van der Waals surface area contributed by atoms with Crippen LogP contribution in [0.2, 0.25) is 0 Å². The minimum atomic E-state index is -0.346. The molecule has 0 saturated heterocycles. The molecule has 1 aromatic carbocycles. The van der Waals surface area contributed by atoms with Gasteiger partial charge in [-0.2, -0.15) is 0 Å². The van der Waals surface area contributed by atoms with Gasteiger partial charge < -0.3 is 4.74 Å². The first kappa shape index (κ1) is 15.9. The zero-order valence-corrected chi connectivity index (χ0v) is 14.6. The third kappa shape index (κ3) is 3.59. The van der Waals surface area contributed by atoms with Crippen molar-refractivity contribution in [2.75, 3.05) is 12.4 Å². The average Bonchev–Trinajstić information content (AvgIpc) is 2.85. The molecule has 0 spiro atoms. The lowest BCUT2D eigenvalue weighted by atomic mass is 10.2. The summed E-state index contributed by atoms with van der Waals surface area (Å²) in [6.07, 6.45) is 0.861. The van der Waals surface area contributed by atoms with Crippen LogP contribution in [0.3, 0.4) is 0 Å². The van der Waals surface area contributed by atoms with Crippen molar-refractivity contribution in [3.05, 3.63) is 26.6 Å². The van der Waals surface area contributed by atoms with Gasteiger partial charge >= 0.3 is 0 Å². The predicted molar refractivity (Wildman–Crippen MR) is 84.5 cm³/mol. The molecule has 0 aliphatic rings. The summed E-state index contributed by atoms with van der Waals surface area (Å²) in [6.45, 7) is 2.63. The Labute approximate surface area is 138 Å². The van der Waals surface area contributed by atoms with Crippen LogP contribution < -0.4 is 10.1 Å². The van der Waals surface area contributed by atoms with Crippen molar-refractivity contribution in [2.24, 2.45) is 0 Å². The van der Waals surface area contributed by atoms with Gasteiger partial charge in [-0.3, -0.25) is 10.1 Å². The Balaban J connectivity index is 2.30. The van der Waals surface area contributed by atoms with Crippen LogP contribution in [0, 0.1) is 0 Å². The van der Waals surface area contributed by atoms with E-state index in [1.165, 1.54) is 11.8 Å². The number of carbonyl (C=O) groups is 1. The molecule has 1 amide bonds. The Hall–Kier alpha value is -1.48. The monoisotopic (exact) mass is 417 g/mol. The fourth-order valence-electron chi connectivity index (χ4n) is 1.76. The van der Waals surface area contributed by atoms with Crippen molar-refractivity contribution >= 4 is 43.7 Å². The van der Waals surface area contributed by atoms with Gasteiger partial charge in [0.15, 0.2) is 0 Å². The van der Waals surface area contributed by atoms with Gasteiger partial charge in [-0.05, 0) is 44.9 Å². The van der Waals surface area contributed by atoms with Crippen LogP contribution in [-0.2, 0) is 6.54 Å². The van der Waals surface area contributed by atoms with Crippen LogP contribution in [0.15, 0.2) is 21.1 Å². The number of hydrogen-bond donors (Lipinski definition) is 1. The van der Waals surface area contributed by atoms with Crippen molar-refractivity contribution in [2.45, 2.75) is 19.9 Å². The second-order valence-corrected chi connectivity index (χ2v) is 5.92. The molecule has 0 unspecified atom stereocenters. The summed E-state index contributed by atoms with van der Waals surface area (Å²) < 4.78 is 8.24. The highest BCUT2D eigenvalue weighted by Crippen LogP contribution is 2.33. The lowest BCUT2D eigenvalue weighted by molar-refractivity contribution is 0.102. The molecule has 1 heterocycles. The number of nitrogens with zero attached hydrogens (tertiary/aromatic N) is 4. The first-order valence-corrected chi connectivity index (χ1v) is 7.76. The smallest absolute Gasteiger partial charge is 0.261 e. The molecule has 7 nitrogen and oxygen atoms in total. The maximum Gasteiger partial charge on any atom is 0.261 e. The standard InChI is InChI=1S/C12H13Br2N5O2/c1-3-4-19-12(16-17-18-19)15-11(20)8-5-7(13)6-9(14)10(8)21-2/h5-6H,3-4H2,1-2H3,(H,15,16,18,20). The highest BCUT2D eigenvalue weighted by atomic mass is 79.9. The number of tetrazole rings is 1. The maximum atomic E-state index is 12.4. The lowest BCUT2D eigenvalue weighted by Gasteiger charge is -2.11. The molecule has 0 aliphatic heterocycles. The van der Waals surface area contributed by atoms with Crippen LogP contribution in [0.4, 0.5) is 5.95 Å². The number of rotatable bonds is 5. The van der Waals surface area contributed by atoms with E-state index in [4.69, 9.17) is 4.74 Å². The number of methoxy groups -OCH3 is 1. The van der Waals surface area contributed by atoms with E-state index < -0.39 is 0 Å². The van der Waals surface area contributed by atoms with Gasteiger partial charge in [-0.1, -0.05) is 28.0 Å². The van der Waals surface area contributed by atoms with Crippen LogP contribution in [0.25, 0.3) is 0 Å². The number of anilines is 1. The Kier molecular flexibility index (Phi) is 5.29. The Bertz CT molecular complexity index is 659. The number of carbonyl (C=O) groups excluding carboxylic acids is 1. The summed E-state index contributed by atoms with van der Waals surface area (Å²) in [7, 11) is 1.51. The molecule has 0 fully saturated rings. The molecule has 9 heteroatoms. The number of aryl methyl sites for hydroxylation is 1. The van der Waals surface area contributed by atoms with E-state index in [1.807, 2.05) is 6.92 Å². The molecule has 0 saturated carbocycles. The van der Waals surface area contributed by atoms with Gasteiger partial charge in [-0.15, -0.1) is 0 Å². The summed E-state index contributed by atoms with van der Waals surface area (Å²) in [5.41, 5.74) is 0.379. The second-order valence-electron chi connectivity index (χ2n) is 4.15. The van der Waals surface area contributed by atoms with E-state index in [1.54, 1.807) is 12.1 Å². The van der Waals surface area contributed by atoms with E-state index >= 15 is 0 Å². The zero-order valence-electron chi connectivity index (χ0n) is 11.4. The van der Waals surface area contributed by atoms with Crippen molar-refractivity contribution in [3.8, 4) is 5.75 Å². The molecular formula is C12H13Br2N5O2. The van der Waals surface area contributed by atoms with Gasteiger partial charge in [0.2, 0.25) is 5.95 Å². The summed E-state index contributed by atoms with van der Waals surface area (Å²) in [5.74, 6) is 0.409. The fourth-order valence-corrected chi connectivity index (χ4v) is 3.15. The number of benzene rings is 1. The number of nitrogens with one attached hydrogen (secondary N) is 1. The normalized spacial score (nSPS) is 10.5. The summed E-state index contributed by atoms with van der Waals surface area (Å²) in [6, 6.07) is 3.48. The molecule has 0 atom stereocenters. The van der Waals surface area contributed by atoms with Gasteiger partial charge in [0, 0.05) is 11.0 Å². The number of aromatic nitrogens is 4. The summed E-state index contributed by atoms with van der Waals surface area (Å²) in [4.78, 5) is 12.4. The molecular weight excluding hydrogens is 406 g/mol. The molecule has 0 radical (unpaired) electrons. The second kappa shape index (κ2) is 6.99. The third-order valence-corrected chi connectivity index (χ3v) is 3.70. The highest BCUT2D eigenvalue weighted by Gasteiger charge is 2.18. The predicted octanol–water partition coefficient (Wildman–Crippen LogP) is 2.87. The fraction of sp³-hybridized carbons (Fsp3) is 0.333. The quantitative estimate of drug-likeness (QED) is 0.807. The van der Waals surface area contributed by atoms with E-state index in [0.29, 0.717) is 28.3 Å². The van der Waals surface area contributed by atoms with Crippen molar-refractivity contribution in [1.82, 2.24) is 20.2 Å². The minimum Gasteiger partial charge on any atom is -0.495 e. The number of halogens is 2. The maximum absolute atomic E-state index is 12.4. The van der Waals surface area contributed by atoms with Gasteiger partial charge in [-0.25, -0.2) is 4.68 Å².